The molecule has 0 saturated heterocycles. The first kappa shape index (κ1) is 13.7. The Labute approximate surface area is 126 Å². The van der Waals surface area contributed by atoms with Crippen molar-refractivity contribution in [2.45, 2.75) is 26.2 Å². The van der Waals surface area contributed by atoms with Crippen molar-refractivity contribution in [3.05, 3.63) is 82.9 Å². The Morgan fingerprint density at radius 2 is 1.52 bits per heavy atom. The van der Waals surface area contributed by atoms with Crippen LogP contribution in [0.15, 0.2) is 66.3 Å². The average molecular weight is 276 g/mol. The lowest BCUT2D eigenvalue weighted by atomic mass is 9.88. The summed E-state index contributed by atoms with van der Waals surface area (Å²) in [5.41, 5.74) is 6.35. The molecule has 3 rings (SSSR count). The maximum atomic E-state index is 9.53. The van der Waals surface area contributed by atoms with Crippen LogP contribution in [0.1, 0.15) is 36.0 Å². The van der Waals surface area contributed by atoms with Gasteiger partial charge in [-0.15, -0.1) is 0 Å². The molecule has 0 saturated carbocycles. The van der Waals surface area contributed by atoms with Gasteiger partial charge < -0.3 is 5.11 Å². The van der Waals surface area contributed by atoms with Crippen molar-refractivity contribution in [2.75, 3.05) is 0 Å². The van der Waals surface area contributed by atoms with Crippen LogP contribution >= 0.6 is 0 Å². The van der Waals surface area contributed by atoms with Crippen molar-refractivity contribution in [3.8, 4) is 5.75 Å². The van der Waals surface area contributed by atoms with Gasteiger partial charge in [0, 0.05) is 0 Å². The maximum Gasteiger partial charge on any atom is 0.115 e. The third kappa shape index (κ3) is 3.08. The van der Waals surface area contributed by atoms with E-state index in [0.29, 0.717) is 5.75 Å². The Hall–Kier alpha value is -2.28. The van der Waals surface area contributed by atoms with E-state index in [-0.39, 0.29) is 0 Å². The molecule has 0 heterocycles. The van der Waals surface area contributed by atoms with Crippen molar-refractivity contribution in [3.63, 3.8) is 0 Å². The van der Waals surface area contributed by atoms with Crippen LogP contribution in [-0.4, -0.2) is 5.11 Å². The molecule has 106 valence electrons. The largest absolute Gasteiger partial charge is 0.508 e. The van der Waals surface area contributed by atoms with E-state index in [2.05, 4.69) is 43.3 Å². The van der Waals surface area contributed by atoms with Gasteiger partial charge in [-0.2, -0.15) is 0 Å². The molecule has 0 aliphatic heterocycles. The van der Waals surface area contributed by atoms with Gasteiger partial charge in [-0.3, -0.25) is 0 Å². The average Bonchev–Trinajstić information content (AvgIpc) is 2.52. The summed E-state index contributed by atoms with van der Waals surface area (Å²) in [6.45, 7) is 2.11. The first-order valence-corrected chi connectivity index (χ1v) is 7.50. The van der Waals surface area contributed by atoms with E-state index in [1.165, 1.54) is 40.7 Å². The standard InChI is InChI=1S/C20H20O/c1-15-7-9-17(10-8-15)20(16-5-3-2-4-6-16)18-11-13-19(21)14-12-18/h3,5,7-14,21H,2,4,6H2,1H3/b20-16+. The van der Waals surface area contributed by atoms with Crippen LogP contribution in [0.2, 0.25) is 0 Å². The number of phenolic OH excluding ortho intramolecular Hbond substituents is 1. The lowest BCUT2D eigenvalue weighted by molar-refractivity contribution is 0.475. The molecule has 0 aromatic heterocycles. The van der Waals surface area contributed by atoms with Crippen molar-refractivity contribution >= 4 is 5.57 Å². The van der Waals surface area contributed by atoms with Gasteiger partial charge in [0.15, 0.2) is 0 Å². The van der Waals surface area contributed by atoms with Crippen LogP contribution in [0.3, 0.4) is 0 Å². The summed E-state index contributed by atoms with van der Waals surface area (Å²) < 4.78 is 0. The molecule has 1 nitrogen and oxygen atoms in total. The molecule has 0 spiro atoms. The number of rotatable bonds is 2. The lowest BCUT2D eigenvalue weighted by Crippen LogP contribution is -1.96. The number of benzene rings is 2. The normalized spacial score (nSPS) is 16.8. The highest BCUT2D eigenvalue weighted by molar-refractivity contribution is 5.84. The lowest BCUT2D eigenvalue weighted by Gasteiger charge is -2.17. The van der Waals surface area contributed by atoms with Crippen LogP contribution < -0.4 is 0 Å². The molecule has 1 aliphatic rings. The summed E-state index contributed by atoms with van der Waals surface area (Å²) in [5.74, 6) is 0.311. The minimum absolute atomic E-state index is 0.311. The molecule has 0 fully saturated rings. The zero-order valence-corrected chi connectivity index (χ0v) is 12.3. The monoisotopic (exact) mass is 276 g/mol. The Bertz CT molecular complexity index is 625. The highest BCUT2D eigenvalue weighted by Crippen LogP contribution is 2.32. The third-order valence-corrected chi connectivity index (χ3v) is 3.95. The van der Waals surface area contributed by atoms with Gasteiger partial charge in [0.1, 0.15) is 5.75 Å². The Morgan fingerprint density at radius 3 is 2.10 bits per heavy atom. The first-order chi connectivity index (χ1) is 10.2. The van der Waals surface area contributed by atoms with Crippen molar-refractivity contribution < 1.29 is 5.11 Å². The van der Waals surface area contributed by atoms with E-state index < -0.39 is 0 Å². The summed E-state index contributed by atoms with van der Waals surface area (Å²) in [7, 11) is 0. The van der Waals surface area contributed by atoms with Crippen molar-refractivity contribution in [1.82, 2.24) is 0 Å². The molecule has 0 radical (unpaired) electrons. The van der Waals surface area contributed by atoms with E-state index in [0.717, 1.165) is 6.42 Å². The predicted octanol–water partition coefficient (Wildman–Crippen LogP) is 5.24. The van der Waals surface area contributed by atoms with Gasteiger partial charge >= 0.3 is 0 Å². The van der Waals surface area contributed by atoms with E-state index >= 15 is 0 Å². The van der Waals surface area contributed by atoms with Gasteiger partial charge in [-0.1, -0.05) is 54.1 Å². The van der Waals surface area contributed by atoms with Gasteiger partial charge in [0.25, 0.3) is 0 Å². The van der Waals surface area contributed by atoms with Gasteiger partial charge in [0.2, 0.25) is 0 Å². The molecule has 2 aromatic carbocycles. The molecule has 21 heavy (non-hydrogen) atoms. The van der Waals surface area contributed by atoms with Gasteiger partial charge in [-0.05, 0) is 60.6 Å². The van der Waals surface area contributed by atoms with Crippen LogP contribution in [-0.2, 0) is 0 Å². The Balaban J connectivity index is 2.15. The second-order valence-electron chi connectivity index (χ2n) is 5.61. The fourth-order valence-electron chi connectivity index (χ4n) is 2.81. The van der Waals surface area contributed by atoms with Crippen molar-refractivity contribution in [2.24, 2.45) is 0 Å². The number of hydrogen-bond donors (Lipinski definition) is 1. The molecule has 0 atom stereocenters. The van der Waals surface area contributed by atoms with Crippen molar-refractivity contribution in [1.29, 1.82) is 0 Å². The zero-order chi connectivity index (χ0) is 14.7. The highest BCUT2D eigenvalue weighted by atomic mass is 16.3. The van der Waals surface area contributed by atoms with Gasteiger partial charge in [-0.25, -0.2) is 0 Å². The Kier molecular flexibility index (Phi) is 3.92. The number of aryl methyl sites for hydroxylation is 1. The number of hydrogen-bond acceptors (Lipinski definition) is 1. The van der Waals surface area contributed by atoms with Crippen LogP contribution in [0.4, 0.5) is 0 Å². The molecule has 1 N–H and O–H groups in total. The summed E-state index contributed by atoms with van der Waals surface area (Å²) in [5, 5.41) is 9.53. The minimum Gasteiger partial charge on any atom is -0.508 e. The summed E-state index contributed by atoms with van der Waals surface area (Å²) in [6.07, 6.45) is 8.00. The van der Waals surface area contributed by atoms with E-state index in [4.69, 9.17) is 0 Å². The smallest absolute Gasteiger partial charge is 0.115 e. The highest BCUT2D eigenvalue weighted by Gasteiger charge is 2.12. The van der Waals surface area contributed by atoms with Crippen LogP contribution in [0, 0.1) is 6.92 Å². The summed E-state index contributed by atoms with van der Waals surface area (Å²) in [6, 6.07) is 16.2. The molecule has 1 aliphatic carbocycles. The third-order valence-electron chi connectivity index (χ3n) is 3.95. The minimum atomic E-state index is 0.311. The molecule has 2 aromatic rings. The molecule has 0 unspecified atom stereocenters. The quantitative estimate of drug-likeness (QED) is 0.795. The van der Waals surface area contributed by atoms with Gasteiger partial charge in [0.05, 0.1) is 0 Å². The number of allylic oxidation sites excluding steroid dienone is 3. The molecule has 0 amide bonds. The SMILES string of the molecule is Cc1ccc(/C(=C2/C=CCCC2)c2ccc(O)cc2)cc1. The Morgan fingerprint density at radius 1 is 0.905 bits per heavy atom. The second-order valence-corrected chi connectivity index (χ2v) is 5.61. The van der Waals surface area contributed by atoms with Crippen LogP contribution in [0.5, 0.6) is 5.75 Å². The fourth-order valence-corrected chi connectivity index (χ4v) is 2.81. The fraction of sp³-hybridized carbons (Fsp3) is 0.200. The number of aromatic hydroxyl groups is 1. The molecule has 0 bridgehead atoms. The zero-order valence-electron chi connectivity index (χ0n) is 12.3. The second kappa shape index (κ2) is 6.01. The topological polar surface area (TPSA) is 20.2 Å². The van der Waals surface area contributed by atoms with E-state index in [1.54, 1.807) is 12.1 Å². The summed E-state index contributed by atoms with van der Waals surface area (Å²) >= 11 is 0. The molecule has 1 heteroatoms. The molecular weight excluding hydrogens is 256 g/mol. The van der Waals surface area contributed by atoms with Crippen LogP contribution in [0.25, 0.3) is 5.57 Å². The first-order valence-electron chi connectivity index (χ1n) is 7.50. The number of phenols is 1. The summed E-state index contributed by atoms with van der Waals surface area (Å²) in [4.78, 5) is 0. The predicted molar refractivity (Wildman–Crippen MR) is 88.3 cm³/mol. The van der Waals surface area contributed by atoms with E-state index in [9.17, 15) is 5.11 Å². The van der Waals surface area contributed by atoms with E-state index in [1.807, 2.05) is 12.1 Å². The molecular formula is C20H20O. The maximum absolute atomic E-state index is 9.53.